The first-order chi connectivity index (χ1) is 59.1. The Labute approximate surface area is 700 Å². The Bertz CT molecular complexity index is 6360. The minimum Gasteiger partial charge on any atom is -0.478 e. The molecule has 0 unspecified atom stereocenters. The smallest absolute Gasteiger partial charge is 0.410 e. The third kappa shape index (κ3) is 18.9. The van der Waals surface area contributed by atoms with Crippen LogP contribution >= 0.6 is 0 Å². The second-order valence-electron chi connectivity index (χ2n) is 28.8. The van der Waals surface area contributed by atoms with Gasteiger partial charge in [0.05, 0.1) is 85.6 Å². The Hall–Kier alpha value is -16.3. The predicted octanol–water partition coefficient (Wildman–Crippen LogP) is 12.1. The molecule has 0 radical (unpaired) electrons. The van der Waals surface area contributed by atoms with E-state index in [0.29, 0.717) is 141 Å². The number of nitrogens with zero attached hydrogens (tertiary/aromatic N) is 17. The maximum Gasteiger partial charge on any atom is 0.410 e. The quantitative estimate of drug-likeness (QED) is 0.120. The molecule has 28 heteroatoms. The van der Waals surface area contributed by atoms with Crippen LogP contribution in [0.4, 0.5) is 4.79 Å². The van der Waals surface area contributed by atoms with E-state index in [4.69, 9.17) is 56.5 Å². The van der Waals surface area contributed by atoms with Crippen LogP contribution in [0.15, 0.2) is 225 Å². The molecule has 10 aromatic heterocycles. The largest absolute Gasteiger partial charge is 0.478 e. The monoisotopic (exact) mass is 1620 g/mol. The van der Waals surface area contributed by atoms with Crippen molar-refractivity contribution in [3.05, 3.63) is 282 Å². The first kappa shape index (κ1) is 82.2. The van der Waals surface area contributed by atoms with Crippen molar-refractivity contribution in [1.29, 1.82) is 0 Å². The zero-order valence-electron chi connectivity index (χ0n) is 66.4. The molecule has 0 bridgehead atoms. The van der Waals surface area contributed by atoms with Crippen LogP contribution in [0, 0.1) is 61.7 Å². The Morgan fingerprint density at radius 2 is 0.590 bits per heavy atom. The van der Waals surface area contributed by atoms with Gasteiger partial charge in [0.25, 0.3) is 17.7 Å². The molecule has 3 fully saturated rings. The number of aromatic carboxylic acids is 2. The van der Waals surface area contributed by atoms with Gasteiger partial charge in [-0.05, 0) is 182 Å². The van der Waals surface area contributed by atoms with E-state index < -0.39 is 17.5 Å². The molecule has 3 aliphatic heterocycles. The van der Waals surface area contributed by atoms with Gasteiger partial charge in [-0.25, -0.2) is 52.8 Å². The summed E-state index contributed by atoms with van der Waals surface area (Å²) in [6, 6.07) is 54.5. The number of carbonyl (C=O) groups is 6. The highest BCUT2D eigenvalue weighted by Gasteiger charge is 2.29. The molecule has 3 aliphatic rings. The van der Waals surface area contributed by atoms with Crippen LogP contribution in [0.5, 0.6) is 0 Å². The molecule has 13 heterocycles. The summed E-state index contributed by atoms with van der Waals surface area (Å²) in [5, 5.41) is 31.3. The van der Waals surface area contributed by atoms with E-state index >= 15 is 0 Å². The number of imidazole rings is 5. The molecule has 604 valence electrons. The number of aromatic nitrogens is 13. The summed E-state index contributed by atoms with van der Waals surface area (Å²) in [6.07, 6.45) is 39.0. The molecule has 28 nitrogen and oxygen atoms in total. The van der Waals surface area contributed by atoms with Gasteiger partial charge in [0.15, 0.2) is 16.9 Å². The van der Waals surface area contributed by atoms with Crippen LogP contribution in [-0.2, 0) is 14.2 Å². The number of ether oxygens (including phenoxy) is 3. The summed E-state index contributed by atoms with van der Waals surface area (Å²) < 4.78 is 24.6. The summed E-state index contributed by atoms with van der Waals surface area (Å²) in [4.78, 5) is 99.9. The predicted molar refractivity (Wildman–Crippen MR) is 457 cm³/mol. The van der Waals surface area contributed by atoms with Gasteiger partial charge in [0, 0.05) is 98.1 Å². The Morgan fingerprint density at radius 3 is 0.893 bits per heavy atom. The highest BCUT2D eigenvalue weighted by Crippen LogP contribution is 2.28. The molecule has 18 rings (SSSR count). The van der Waals surface area contributed by atoms with Crippen LogP contribution in [0.25, 0.3) is 84.3 Å². The highest BCUT2D eigenvalue weighted by molar-refractivity contribution is 5.96. The third-order valence-electron chi connectivity index (χ3n) is 19.9. The van der Waals surface area contributed by atoms with Crippen molar-refractivity contribution in [2.75, 3.05) is 78.8 Å². The van der Waals surface area contributed by atoms with Crippen LogP contribution in [0.3, 0.4) is 0 Å². The third-order valence-corrected chi connectivity index (χ3v) is 19.9. The molecule has 15 aromatic rings. The molecule has 5 aromatic carbocycles. The van der Waals surface area contributed by atoms with Gasteiger partial charge in [-0.1, -0.05) is 72.5 Å². The van der Waals surface area contributed by atoms with E-state index in [-0.39, 0.29) is 34.9 Å². The number of hydrogen-bond donors (Lipinski definition) is 2. The average molecular weight is 1620 g/mol. The number of carboxylic acids is 2. The van der Waals surface area contributed by atoms with Crippen molar-refractivity contribution < 1.29 is 53.2 Å². The number of amides is 4. The van der Waals surface area contributed by atoms with Crippen molar-refractivity contribution in [2.24, 2.45) is 0 Å². The zero-order valence-corrected chi connectivity index (χ0v) is 66.4. The number of terminal acetylenes is 5. The zero-order chi connectivity index (χ0) is 85.6. The fraction of sp³-hybridized carbons (Fsp3) is 0.170. The van der Waals surface area contributed by atoms with Crippen molar-refractivity contribution in [1.82, 2.24) is 82.2 Å². The summed E-state index contributed by atoms with van der Waals surface area (Å²) in [6.45, 7) is 12.3. The summed E-state index contributed by atoms with van der Waals surface area (Å²) >= 11 is 0. The molecule has 0 atom stereocenters. The molecule has 0 aliphatic carbocycles. The van der Waals surface area contributed by atoms with Crippen LogP contribution in [-0.4, -0.2) is 213 Å². The number of piperazine rings is 1. The van der Waals surface area contributed by atoms with Crippen molar-refractivity contribution in [2.45, 2.75) is 26.4 Å². The number of fused-ring (bicyclic) bond motifs is 5. The lowest BCUT2D eigenvalue weighted by atomic mass is 10.0. The number of carbonyl (C=O) groups excluding carboxylic acids is 4. The Kier molecular flexibility index (Phi) is 24.9. The molecule has 2 N–H and O–H groups in total. The second-order valence-corrected chi connectivity index (χ2v) is 28.8. The van der Waals surface area contributed by atoms with E-state index in [1.54, 1.807) is 115 Å². The topological polar surface area (TPSA) is 309 Å². The van der Waals surface area contributed by atoms with E-state index in [2.05, 4.69) is 69.8 Å². The summed E-state index contributed by atoms with van der Waals surface area (Å²) in [5.74, 6) is 11.0. The minimum absolute atomic E-state index is 0.0301. The molecule has 4 amide bonds. The van der Waals surface area contributed by atoms with E-state index in [1.807, 2.05) is 173 Å². The molecule has 122 heavy (non-hydrogen) atoms. The fourth-order valence-corrected chi connectivity index (χ4v) is 13.4. The Morgan fingerprint density at radius 1 is 0.328 bits per heavy atom. The lowest BCUT2D eigenvalue weighted by molar-refractivity contribution is 0.0140. The van der Waals surface area contributed by atoms with Crippen molar-refractivity contribution in [3.63, 3.8) is 0 Å². The molecule has 3 saturated heterocycles. The number of pyridine rings is 2. The minimum atomic E-state index is -0.954. The van der Waals surface area contributed by atoms with Gasteiger partial charge in [-0.2, -0.15) is 15.3 Å². The van der Waals surface area contributed by atoms with Gasteiger partial charge < -0.3 is 44.0 Å². The maximum absolute atomic E-state index is 12.9. The van der Waals surface area contributed by atoms with Gasteiger partial charge >= 0.3 is 18.0 Å². The van der Waals surface area contributed by atoms with Crippen LogP contribution in [0.2, 0.25) is 0 Å². The standard InChI is InChI=1S/C24H25N5O3.C20H17N3O2.C19H16N4O2.C16H10N2O2.C15H9N3O2/c1-5-19-16-25-21-11-10-20(26-29(19)21)17-6-8-18(9-7-17)22(30)27-12-14-28(15-13-27)23(31)32-24(2,3)4;1-2-18-13-21-19-8-7-17(14-23(18)19)15-3-5-16(6-4-15)20(24)22-9-11-25-12-10-22;1-2-16-13-20-18-8-7-17(21-23(16)18)14-3-5-15(6-4-14)19(24)22-9-11-25-12-10-22;1-2-14-9-17-15-8-7-13(10-18(14)15)11-3-5-12(6-4-11)16(19)20;1-2-12-9-16-14-8-7-13(17-18(12)14)10-3-5-11(6-4-10)15(19)20/h1,6-11,16H,12-15H2,2-4H3;1,3-8,13-14H,9-12H2;1,3-8,13H,9-12H2;1,3-10H,(H,19,20);1,3-9H,(H,19,20). The highest BCUT2D eigenvalue weighted by atomic mass is 16.6. The maximum atomic E-state index is 12.9. The van der Waals surface area contributed by atoms with E-state index in [1.165, 1.54) is 0 Å². The number of hydrogen-bond acceptors (Lipinski definition) is 17. The van der Waals surface area contributed by atoms with E-state index in [9.17, 15) is 28.8 Å². The van der Waals surface area contributed by atoms with Crippen molar-refractivity contribution >= 4 is 64.0 Å². The lowest BCUT2D eigenvalue weighted by Gasteiger charge is -2.35. The average Bonchev–Trinajstić information content (AvgIpc) is 1.57. The van der Waals surface area contributed by atoms with Gasteiger partial charge in [-0.15, -0.1) is 32.1 Å². The molecule has 0 spiro atoms. The molecular weight excluding hydrogens is 1540 g/mol. The second kappa shape index (κ2) is 36.9. The van der Waals surface area contributed by atoms with Crippen molar-refractivity contribution in [3.8, 4) is 118 Å². The van der Waals surface area contributed by atoms with E-state index in [0.717, 1.165) is 67.3 Å². The summed E-state index contributed by atoms with van der Waals surface area (Å²) in [5.41, 5.74) is 17.5. The number of morpholine rings is 2. The van der Waals surface area contributed by atoms with Gasteiger partial charge in [-0.3, -0.25) is 23.2 Å². The fourth-order valence-electron chi connectivity index (χ4n) is 13.4. The first-order valence-electron chi connectivity index (χ1n) is 38.5. The summed E-state index contributed by atoms with van der Waals surface area (Å²) in [7, 11) is 0. The number of carboxylic acid groups (broad SMARTS) is 2. The Balaban J connectivity index is 0.000000126. The molecular formula is C94H77N17O11. The molecule has 0 saturated carbocycles. The normalized spacial score (nSPS) is 13.1. The first-order valence-corrected chi connectivity index (χ1v) is 38.5. The lowest BCUT2D eigenvalue weighted by Crippen LogP contribution is -2.51. The van der Waals surface area contributed by atoms with Gasteiger partial charge in [0.1, 0.15) is 45.4 Å². The SMILES string of the molecule is C#Cc1cnc2ccc(-c3ccc(C(=O)N4CCN(C(=O)OC(C)(C)C)CC4)cc3)nn12.C#Cc1cnc2ccc(-c3ccc(C(=O)N4CCOCC4)cc3)cn12.C#Cc1cnc2ccc(-c3ccc(C(=O)N4CCOCC4)cc3)nn12.C#Cc1cnc2ccc(-c3ccc(C(=O)O)cc3)cn12.C#Cc1cnc2ccc(-c3ccc(C(=O)O)cc3)nn12. The van der Waals surface area contributed by atoms with Gasteiger partial charge in [0.2, 0.25) is 0 Å². The van der Waals surface area contributed by atoms with Crippen LogP contribution < -0.4 is 0 Å². The number of rotatable bonds is 10. The van der Waals surface area contributed by atoms with Crippen LogP contribution in [0.1, 0.15) is 101 Å². The number of benzene rings is 5.